The molecule has 0 saturated carbocycles. The molecule has 0 aliphatic rings. The number of nitro groups is 1. The van der Waals surface area contributed by atoms with Crippen LogP contribution in [0.4, 0.5) is 11.4 Å². The molecule has 0 aliphatic carbocycles. The van der Waals surface area contributed by atoms with Crippen molar-refractivity contribution in [3.8, 4) is 0 Å². The Morgan fingerprint density at radius 1 is 1.26 bits per heavy atom. The van der Waals surface area contributed by atoms with Crippen LogP contribution in [0.3, 0.4) is 0 Å². The van der Waals surface area contributed by atoms with Gasteiger partial charge in [0, 0.05) is 17.1 Å². The standard InChI is InChI=1S/C17H20N2O4/c1-4-11(2)16(17(20)23-3)18-14-9-10-15(19(21)22)13-8-6-5-7-12(13)14/h5-11,16,18H,4H2,1-3H3. The predicted molar refractivity (Wildman–Crippen MR) is 89.5 cm³/mol. The molecule has 0 spiro atoms. The molecule has 2 unspecified atom stereocenters. The van der Waals surface area contributed by atoms with Gasteiger partial charge in [-0.05, 0) is 18.1 Å². The Hall–Kier alpha value is -2.63. The zero-order chi connectivity index (χ0) is 17.0. The van der Waals surface area contributed by atoms with E-state index in [4.69, 9.17) is 4.74 Å². The van der Waals surface area contributed by atoms with Gasteiger partial charge in [-0.3, -0.25) is 10.1 Å². The van der Waals surface area contributed by atoms with Crippen molar-refractivity contribution in [2.45, 2.75) is 26.3 Å². The minimum absolute atomic E-state index is 0.0457. The SMILES string of the molecule is CCC(C)C(Nc1ccc([N+](=O)[O-])c2ccccc12)C(=O)OC. The second-order valence-corrected chi connectivity index (χ2v) is 5.47. The van der Waals surface area contributed by atoms with E-state index in [1.165, 1.54) is 13.2 Å². The topological polar surface area (TPSA) is 81.5 Å². The number of non-ortho nitro benzene ring substituents is 1. The molecule has 0 heterocycles. The molecular weight excluding hydrogens is 296 g/mol. The van der Waals surface area contributed by atoms with Crippen molar-refractivity contribution in [1.29, 1.82) is 0 Å². The molecule has 0 amide bonds. The summed E-state index contributed by atoms with van der Waals surface area (Å²) in [7, 11) is 1.35. The Bertz CT molecular complexity index is 730. The first kappa shape index (κ1) is 16.7. The van der Waals surface area contributed by atoms with Crippen LogP contribution < -0.4 is 5.32 Å². The van der Waals surface area contributed by atoms with Gasteiger partial charge in [0.2, 0.25) is 0 Å². The first-order valence-corrected chi connectivity index (χ1v) is 7.50. The van der Waals surface area contributed by atoms with E-state index in [1.54, 1.807) is 24.3 Å². The van der Waals surface area contributed by atoms with Gasteiger partial charge >= 0.3 is 5.97 Å². The molecule has 0 aliphatic heterocycles. The summed E-state index contributed by atoms with van der Waals surface area (Å²) in [5, 5.41) is 15.6. The maximum absolute atomic E-state index is 12.0. The zero-order valence-electron chi connectivity index (χ0n) is 13.4. The van der Waals surface area contributed by atoms with Crippen molar-refractivity contribution >= 4 is 28.1 Å². The summed E-state index contributed by atoms with van der Waals surface area (Å²) in [4.78, 5) is 22.8. The lowest BCUT2D eigenvalue weighted by molar-refractivity contribution is -0.383. The highest BCUT2D eigenvalue weighted by atomic mass is 16.6. The quantitative estimate of drug-likeness (QED) is 0.498. The second-order valence-electron chi connectivity index (χ2n) is 5.47. The number of nitrogens with zero attached hydrogens (tertiary/aromatic N) is 1. The van der Waals surface area contributed by atoms with E-state index in [9.17, 15) is 14.9 Å². The molecule has 1 N–H and O–H groups in total. The lowest BCUT2D eigenvalue weighted by atomic mass is 9.98. The molecule has 2 aromatic rings. The lowest BCUT2D eigenvalue weighted by Crippen LogP contribution is -2.36. The van der Waals surface area contributed by atoms with Crippen molar-refractivity contribution < 1.29 is 14.5 Å². The number of esters is 1. The number of methoxy groups -OCH3 is 1. The van der Waals surface area contributed by atoms with Crippen molar-refractivity contribution in [2.24, 2.45) is 5.92 Å². The molecule has 6 nitrogen and oxygen atoms in total. The molecule has 6 heteroatoms. The molecule has 2 aromatic carbocycles. The van der Waals surface area contributed by atoms with Gasteiger partial charge < -0.3 is 10.1 Å². The molecule has 0 fully saturated rings. The van der Waals surface area contributed by atoms with Crippen molar-refractivity contribution in [2.75, 3.05) is 12.4 Å². The number of hydrogen-bond acceptors (Lipinski definition) is 5. The molecule has 0 aromatic heterocycles. The number of hydrogen-bond donors (Lipinski definition) is 1. The molecule has 2 atom stereocenters. The Labute approximate surface area is 134 Å². The number of nitrogens with one attached hydrogen (secondary N) is 1. The Morgan fingerprint density at radius 3 is 2.48 bits per heavy atom. The number of nitro benzene ring substituents is 1. The highest BCUT2D eigenvalue weighted by Crippen LogP contribution is 2.32. The van der Waals surface area contributed by atoms with Gasteiger partial charge in [0.15, 0.2) is 0 Å². The van der Waals surface area contributed by atoms with E-state index < -0.39 is 11.0 Å². The van der Waals surface area contributed by atoms with E-state index in [-0.39, 0.29) is 17.6 Å². The third kappa shape index (κ3) is 3.41. The van der Waals surface area contributed by atoms with Crippen LogP contribution in [0.25, 0.3) is 10.8 Å². The van der Waals surface area contributed by atoms with Crippen LogP contribution in [0.5, 0.6) is 0 Å². The van der Waals surface area contributed by atoms with E-state index in [0.717, 1.165) is 6.42 Å². The summed E-state index contributed by atoms with van der Waals surface area (Å²) in [6.45, 7) is 3.96. The molecule has 2 rings (SSSR count). The molecule has 0 radical (unpaired) electrons. The number of ether oxygens (including phenoxy) is 1. The number of rotatable bonds is 6. The van der Waals surface area contributed by atoms with E-state index >= 15 is 0 Å². The minimum Gasteiger partial charge on any atom is -0.467 e. The largest absolute Gasteiger partial charge is 0.467 e. The number of carbonyl (C=O) groups is 1. The second kappa shape index (κ2) is 7.09. The number of fused-ring (bicyclic) bond motifs is 1. The normalized spacial score (nSPS) is 13.3. The average molecular weight is 316 g/mol. The summed E-state index contributed by atoms with van der Waals surface area (Å²) in [6, 6.07) is 9.66. The van der Waals surface area contributed by atoms with Gasteiger partial charge in [-0.1, -0.05) is 38.5 Å². The van der Waals surface area contributed by atoms with Gasteiger partial charge in [-0.15, -0.1) is 0 Å². The summed E-state index contributed by atoms with van der Waals surface area (Å²) in [5.74, 6) is -0.279. The molecule has 0 saturated heterocycles. The summed E-state index contributed by atoms with van der Waals surface area (Å²) < 4.78 is 4.87. The van der Waals surface area contributed by atoms with Crippen molar-refractivity contribution in [3.05, 3.63) is 46.5 Å². The van der Waals surface area contributed by atoms with Crippen molar-refractivity contribution in [1.82, 2.24) is 0 Å². The lowest BCUT2D eigenvalue weighted by Gasteiger charge is -2.23. The fourth-order valence-electron chi connectivity index (χ4n) is 2.53. The van der Waals surface area contributed by atoms with Gasteiger partial charge in [0.25, 0.3) is 5.69 Å². The summed E-state index contributed by atoms with van der Waals surface area (Å²) in [6.07, 6.45) is 0.803. The Kier molecular flexibility index (Phi) is 5.16. The van der Waals surface area contributed by atoms with Crippen LogP contribution in [0, 0.1) is 16.0 Å². The van der Waals surface area contributed by atoms with Crippen LogP contribution in [-0.4, -0.2) is 24.0 Å². The molecule has 0 bridgehead atoms. The third-order valence-corrected chi connectivity index (χ3v) is 4.08. The summed E-state index contributed by atoms with van der Waals surface area (Å²) in [5.41, 5.74) is 0.728. The first-order valence-electron chi connectivity index (χ1n) is 7.50. The monoisotopic (exact) mass is 316 g/mol. The fourth-order valence-corrected chi connectivity index (χ4v) is 2.53. The number of carbonyl (C=O) groups excluding carboxylic acids is 1. The highest BCUT2D eigenvalue weighted by molar-refractivity contribution is 6.00. The smallest absolute Gasteiger partial charge is 0.328 e. The van der Waals surface area contributed by atoms with Gasteiger partial charge in [0.05, 0.1) is 17.4 Å². The molecule has 23 heavy (non-hydrogen) atoms. The first-order chi connectivity index (χ1) is 11.0. The van der Waals surface area contributed by atoms with E-state index in [0.29, 0.717) is 16.5 Å². The van der Waals surface area contributed by atoms with Crippen LogP contribution in [0.15, 0.2) is 36.4 Å². The Balaban J connectivity index is 2.49. The maximum Gasteiger partial charge on any atom is 0.328 e. The minimum atomic E-state index is -0.505. The Morgan fingerprint density at radius 2 is 1.91 bits per heavy atom. The zero-order valence-corrected chi connectivity index (χ0v) is 13.4. The average Bonchev–Trinajstić information content (AvgIpc) is 2.57. The van der Waals surface area contributed by atoms with E-state index in [2.05, 4.69) is 5.32 Å². The van der Waals surface area contributed by atoms with E-state index in [1.807, 2.05) is 19.9 Å². The van der Waals surface area contributed by atoms with Crippen molar-refractivity contribution in [3.63, 3.8) is 0 Å². The van der Waals surface area contributed by atoms with Gasteiger partial charge in [-0.2, -0.15) is 0 Å². The highest BCUT2D eigenvalue weighted by Gasteiger charge is 2.26. The van der Waals surface area contributed by atoms with Gasteiger partial charge in [-0.25, -0.2) is 4.79 Å². The van der Waals surface area contributed by atoms with Crippen LogP contribution in [-0.2, 0) is 9.53 Å². The van der Waals surface area contributed by atoms with Crippen LogP contribution in [0.2, 0.25) is 0 Å². The van der Waals surface area contributed by atoms with Crippen LogP contribution >= 0.6 is 0 Å². The molecular formula is C17H20N2O4. The number of benzene rings is 2. The fraction of sp³-hybridized carbons (Fsp3) is 0.353. The van der Waals surface area contributed by atoms with Crippen LogP contribution in [0.1, 0.15) is 20.3 Å². The predicted octanol–water partition coefficient (Wildman–Crippen LogP) is 3.75. The maximum atomic E-state index is 12.0. The number of anilines is 1. The van der Waals surface area contributed by atoms with Gasteiger partial charge in [0.1, 0.15) is 6.04 Å². The molecule has 122 valence electrons. The summed E-state index contributed by atoms with van der Waals surface area (Å²) >= 11 is 0. The third-order valence-electron chi connectivity index (χ3n) is 4.08.